The third-order valence-corrected chi connectivity index (χ3v) is 2.62. The minimum atomic E-state index is -0.544. The lowest BCUT2D eigenvalue weighted by Crippen LogP contribution is -2.19. The molecule has 1 atom stereocenters. The summed E-state index contributed by atoms with van der Waals surface area (Å²) in [6.45, 7) is 1.88. The van der Waals surface area contributed by atoms with E-state index in [9.17, 15) is 14.9 Å². The number of nitrogens with one attached hydrogen (secondary N) is 2. The van der Waals surface area contributed by atoms with E-state index >= 15 is 0 Å². The number of carbonyl (C=O) groups excluding carboxylic acids is 1. The lowest BCUT2D eigenvalue weighted by Gasteiger charge is -2.12. The quantitative estimate of drug-likeness (QED) is 0.480. The zero-order chi connectivity index (χ0) is 14.4. The van der Waals surface area contributed by atoms with Crippen LogP contribution in [0.15, 0.2) is 18.2 Å². The molecule has 0 saturated carbocycles. The molecule has 0 aromatic heterocycles. The van der Waals surface area contributed by atoms with Crippen LogP contribution in [-0.2, 0) is 0 Å². The van der Waals surface area contributed by atoms with Crippen LogP contribution in [0, 0.1) is 22.5 Å². The largest absolute Gasteiger partial charge is 0.366 e. The van der Waals surface area contributed by atoms with Gasteiger partial charge in [0.05, 0.1) is 11.0 Å². The summed E-state index contributed by atoms with van der Waals surface area (Å²) >= 11 is 0. The van der Waals surface area contributed by atoms with Crippen molar-refractivity contribution in [3.63, 3.8) is 0 Å². The highest BCUT2D eigenvalue weighted by Gasteiger charge is 2.18. The summed E-state index contributed by atoms with van der Waals surface area (Å²) in [5.41, 5.74) is 0.366. The third kappa shape index (κ3) is 3.45. The van der Waals surface area contributed by atoms with Gasteiger partial charge in [0.2, 0.25) is 0 Å². The Kier molecular flexibility index (Phi) is 4.89. The molecule has 1 amide bonds. The van der Waals surface area contributed by atoms with E-state index < -0.39 is 4.92 Å². The highest BCUT2D eigenvalue weighted by molar-refractivity contribution is 5.95. The van der Waals surface area contributed by atoms with Gasteiger partial charge in [-0.1, -0.05) is 12.8 Å². The van der Waals surface area contributed by atoms with Crippen molar-refractivity contribution < 1.29 is 9.72 Å². The van der Waals surface area contributed by atoms with Crippen molar-refractivity contribution in [3.05, 3.63) is 33.9 Å². The molecule has 6 heteroatoms. The average Bonchev–Trinajstić information content (AvgIpc) is 2.43. The fourth-order valence-corrected chi connectivity index (χ4v) is 1.54. The van der Waals surface area contributed by atoms with E-state index in [-0.39, 0.29) is 23.2 Å². The molecule has 1 unspecified atom stereocenters. The second kappa shape index (κ2) is 6.40. The van der Waals surface area contributed by atoms with Crippen LogP contribution in [0.1, 0.15) is 23.7 Å². The van der Waals surface area contributed by atoms with E-state index in [2.05, 4.69) is 16.6 Å². The van der Waals surface area contributed by atoms with Gasteiger partial charge in [0.25, 0.3) is 11.6 Å². The highest BCUT2D eigenvalue weighted by Crippen LogP contribution is 2.26. The fourth-order valence-electron chi connectivity index (χ4n) is 1.54. The Balaban J connectivity index is 3.16. The molecule has 19 heavy (non-hydrogen) atoms. The molecule has 0 bridgehead atoms. The van der Waals surface area contributed by atoms with E-state index in [1.54, 1.807) is 0 Å². The van der Waals surface area contributed by atoms with Gasteiger partial charge < -0.3 is 10.6 Å². The first-order chi connectivity index (χ1) is 9.03. The minimum absolute atomic E-state index is 0.171. The number of nitrogens with zero attached hydrogens (tertiary/aromatic N) is 1. The Morgan fingerprint density at radius 1 is 1.58 bits per heavy atom. The molecule has 1 aromatic carbocycles. The molecule has 0 spiro atoms. The molecule has 6 nitrogen and oxygen atoms in total. The summed E-state index contributed by atoms with van der Waals surface area (Å²) in [5, 5.41) is 16.3. The van der Waals surface area contributed by atoms with Crippen molar-refractivity contribution in [1.82, 2.24) is 5.32 Å². The summed E-state index contributed by atoms with van der Waals surface area (Å²) < 4.78 is 0. The average molecular weight is 261 g/mol. The van der Waals surface area contributed by atoms with Crippen LogP contribution in [0.5, 0.6) is 0 Å². The number of anilines is 1. The Bertz CT molecular complexity index is 534. The molecule has 100 valence electrons. The first-order valence-electron chi connectivity index (χ1n) is 5.76. The topological polar surface area (TPSA) is 84.3 Å². The Labute approximate surface area is 111 Å². The number of hydrogen-bond acceptors (Lipinski definition) is 4. The monoisotopic (exact) mass is 261 g/mol. The molecule has 0 fully saturated rings. The zero-order valence-electron chi connectivity index (χ0n) is 10.8. The molecule has 0 saturated heterocycles. The van der Waals surface area contributed by atoms with Crippen molar-refractivity contribution in [2.45, 2.75) is 19.4 Å². The van der Waals surface area contributed by atoms with Gasteiger partial charge in [-0.2, -0.15) is 0 Å². The molecule has 0 aliphatic heterocycles. The van der Waals surface area contributed by atoms with Crippen molar-refractivity contribution >= 4 is 17.3 Å². The van der Waals surface area contributed by atoms with Gasteiger partial charge in [0.15, 0.2) is 0 Å². The number of nitro groups is 1. The highest BCUT2D eigenvalue weighted by atomic mass is 16.6. The standard InChI is InChI=1S/C13H15N3O3/c1-4-10(5-2)15-11-7-6-9(13(17)14-3)8-12(11)16(18)19/h1,6-8,10,15H,5H2,2-3H3,(H,14,17). The molecular weight excluding hydrogens is 246 g/mol. The Morgan fingerprint density at radius 3 is 2.74 bits per heavy atom. The molecule has 1 aromatic rings. The van der Waals surface area contributed by atoms with E-state index in [0.29, 0.717) is 12.1 Å². The fraction of sp³-hybridized carbons (Fsp3) is 0.308. The number of rotatable bonds is 5. The zero-order valence-corrected chi connectivity index (χ0v) is 10.8. The second-order valence-corrected chi connectivity index (χ2v) is 3.84. The van der Waals surface area contributed by atoms with Crippen LogP contribution >= 0.6 is 0 Å². The lowest BCUT2D eigenvalue weighted by molar-refractivity contribution is -0.384. The number of terminal acetylenes is 1. The first kappa shape index (κ1) is 14.5. The molecule has 0 heterocycles. The number of nitro benzene ring substituents is 1. The van der Waals surface area contributed by atoms with Gasteiger partial charge in [-0.3, -0.25) is 14.9 Å². The van der Waals surface area contributed by atoms with Crippen LogP contribution in [0.2, 0.25) is 0 Å². The van der Waals surface area contributed by atoms with Gasteiger partial charge in [-0.15, -0.1) is 6.42 Å². The molecule has 0 radical (unpaired) electrons. The van der Waals surface area contributed by atoms with E-state index in [1.165, 1.54) is 25.2 Å². The number of amides is 1. The van der Waals surface area contributed by atoms with Gasteiger partial charge in [-0.25, -0.2) is 0 Å². The van der Waals surface area contributed by atoms with Crippen molar-refractivity contribution in [2.75, 3.05) is 12.4 Å². The molecule has 1 rings (SSSR count). The van der Waals surface area contributed by atoms with Crippen molar-refractivity contribution in [2.24, 2.45) is 0 Å². The lowest BCUT2D eigenvalue weighted by atomic mass is 10.1. The predicted molar refractivity (Wildman–Crippen MR) is 73.0 cm³/mol. The summed E-state index contributed by atoms with van der Waals surface area (Å²) in [7, 11) is 1.46. The number of hydrogen-bond donors (Lipinski definition) is 2. The maximum atomic E-state index is 11.4. The van der Waals surface area contributed by atoms with Crippen molar-refractivity contribution in [3.8, 4) is 12.3 Å². The van der Waals surface area contributed by atoms with Crippen LogP contribution in [0.3, 0.4) is 0 Å². The maximum absolute atomic E-state index is 11.4. The van der Waals surface area contributed by atoms with Crippen LogP contribution in [0.25, 0.3) is 0 Å². The second-order valence-electron chi connectivity index (χ2n) is 3.84. The van der Waals surface area contributed by atoms with E-state index in [0.717, 1.165) is 0 Å². The first-order valence-corrected chi connectivity index (χ1v) is 5.76. The summed E-state index contributed by atoms with van der Waals surface area (Å²) in [6.07, 6.45) is 5.95. The van der Waals surface area contributed by atoms with Gasteiger partial charge in [0.1, 0.15) is 5.69 Å². The van der Waals surface area contributed by atoms with Crippen molar-refractivity contribution in [1.29, 1.82) is 0 Å². The van der Waals surface area contributed by atoms with Gasteiger partial charge in [-0.05, 0) is 18.6 Å². The normalized spacial score (nSPS) is 11.2. The number of carbonyl (C=O) groups is 1. The number of benzene rings is 1. The van der Waals surface area contributed by atoms with Crippen LogP contribution in [-0.4, -0.2) is 23.9 Å². The maximum Gasteiger partial charge on any atom is 0.293 e. The minimum Gasteiger partial charge on any atom is -0.366 e. The van der Waals surface area contributed by atoms with Crippen LogP contribution in [0.4, 0.5) is 11.4 Å². The Hall–Kier alpha value is -2.55. The Morgan fingerprint density at radius 2 is 2.26 bits per heavy atom. The molecule has 2 N–H and O–H groups in total. The van der Waals surface area contributed by atoms with E-state index in [4.69, 9.17) is 6.42 Å². The molecular formula is C13H15N3O3. The SMILES string of the molecule is C#CC(CC)Nc1ccc(C(=O)NC)cc1[N+](=O)[O-]. The molecule has 0 aliphatic rings. The third-order valence-electron chi connectivity index (χ3n) is 2.62. The summed E-state index contributed by atoms with van der Waals surface area (Å²) in [4.78, 5) is 21.9. The summed E-state index contributed by atoms with van der Waals surface area (Å²) in [5.74, 6) is 2.13. The molecule has 0 aliphatic carbocycles. The summed E-state index contributed by atoms with van der Waals surface area (Å²) in [6, 6.07) is 3.94. The smallest absolute Gasteiger partial charge is 0.293 e. The van der Waals surface area contributed by atoms with Gasteiger partial charge >= 0.3 is 0 Å². The van der Waals surface area contributed by atoms with Crippen LogP contribution < -0.4 is 10.6 Å². The predicted octanol–water partition coefficient (Wildman–Crippen LogP) is 1.78. The van der Waals surface area contributed by atoms with E-state index in [1.807, 2.05) is 6.92 Å². The van der Waals surface area contributed by atoms with Gasteiger partial charge in [0, 0.05) is 18.7 Å².